The van der Waals surface area contributed by atoms with E-state index in [1.54, 1.807) is 30.3 Å². The minimum absolute atomic E-state index is 0.0333. The molecule has 0 atom stereocenters. The van der Waals surface area contributed by atoms with Crippen LogP contribution in [0.2, 0.25) is 0 Å². The van der Waals surface area contributed by atoms with Crippen LogP contribution in [0.4, 0.5) is 4.39 Å². The number of Topliss-reactive ketones (excluding diaryl/α,β-unsaturated/α-hetero) is 1. The monoisotopic (exact) mass is 322 g/mol. The molecule has 19 heavy (non-hydrogen) atoms. The van der Waals surface area contributed by atoms with E-state index in [1.165, 1.54) is 13.0 Å². The Morgan fingerprint density at radius 2 is 1.89 bits per heavy atom. The SMILES string of the molecule is CC(=O)c1ccc(Oc2cc(C)ccc2F)c(Br)c1. The smallest absolute Gasteiger partial charge is 0.165 e. The van der Waals surface area contributed by atoms with Gasteiger partial charge in [0, 0.05) is 5.56 Å². The molecule has 0 radical (unpaired) electrons. The fourth-order valence-corrected chi connectivity index (χ4v) is 2.07. The van der Waals surface area contributed by atoms with Crippen LogP contribution in [-0.2, 0) is 0 Å². The number of hydrogen-bond acceptors (Lipinski definition) is 2. The van der Waals surface area contributed by atoms with E-state index in [1.807, 2.05) is 6.92 Å². The van der Waals surface area contributed by atoms with Gasteiger partial charge in [-0.25, -0.2) is 4.39 Å². The molecule has 2 rings (SSSR count). The van der Waals surface area contributed by atoms with Gasteiger partial charge in [0.25, 0.3) is 0 Å². The molecule has 0 aliphatic carbocycles. The first kappa shape index (κ1) is 13.7. The molecule has 98 valence electrons. The van der Waals surface area contributed by atoms with Crippen LogP contribution < -0.4 is 4.74 Å². The third kappa shape index (κ3) is 3.20. The highest BCUT2D eigenvalue weighted by Gasteiger charge is 2.09. The average Bonchev–Trinajstić information content (AvgIpc) is 2.36. The van der Waals surface area contributed by atoms with Crippen LogP contribution in [0.25, 0.3) is 0 Å². The van der Waals surface area contributed by atoms with Crippen molar-refractivity contribution in [2.24, 2.45) is 0 Å². The van der Waals surface area contributed by atoms with E-state index in [0.717, 1.165) is 5.56 Å². The maximum atomic E-state index is 13.6. The summed E-state index contributed by atoms with van der Waals surface area (Å²) in [6, 6.07) is 9.61. The summed E-state index contributed by atoms with van der Waals surface area (Å²) >= 11 is 3.32. The Bertz CT molecular complexity index is 638. The molecule has 2 nitrogen and oxygen atoms in total. The van der Waals surface area contributed by atoms with Crippen molar-refractivity contribution < 1.29 is 13.9 Å². The van der Waals surface area contributed by atoms with Gasteiger partial charge in [-0.2, -0.15) is 0 Å². The Morgan fingerprint density at radius 1 is 1.16 bits per heavy atom. The van der Waals surface area contributed by atoms with E-state index < -0.39 is 5.82 Å². The molecule has 0 aromatic heterocycles. The van der Waals surface area contributed by atoms with E-state index >= 15 is 0 Å². The molecule has 0 saturated carbocycles. The van der Waals surface area contributed by atoms with Gasteiger partial charge in [0.05, 0.1) is 4.47 Å². The third-order valence-electron chi connectivity index (χ3n) is 2.65. The molecule has 0 saturated heterocycles. The Hall–Kier alpha value is -1.68. The highest BCUT2D eigenvalue weighted by Crippen LogP contribution is 2.32. The number of ether oxygens (including phenoxy) is 1. The molecule has 0 amide bonds. The van der Waals surface area contributed by atoms with Gasteiger partial charge in [0.15, 0.2) is 17.3 Å². The Morgan fingerprint density at radius 3 is 2.53 bits per heavy atom. The number of carbonyl (C=O) groups excluding carboxylic acids is 1. The highest BCUT2D eigenvalue weighted by atomic mass is 79.9. The van der Waals surface area contributed by atoms with Crippen molar-refractivity contribution in [2.45, 2.75) is 13.8 Å². The van der Waals surface area contributed by atoms with Crippen molar-refractivity contribution in [3.63, 3.8) is 0 Å². The number of ketones is 1. The third-order valence-corrected chi connectivity index (χ3v) is 3.26. The molecule has 0 fully saturated rings. The van der Waals surface area contributed by atoms with Crippen molar-refractivity contribution in [3.8, 4) is 11.5 Å². The van der Waals surface area contributed by atoms with E-state index in [4.69, 9.17) is 4.74 Å². The first-order chi connectivity index (χ1) is 8.97. The second-order valence-corrected chi connectivity index (χ2v) is 5.09. The number of rotatable bonds is 3. The predicted molar refractivity (Wildman–Crippen MR) is 75.4 cm³/mol. The van der Waals surface area contributed by atoms with Crippen molar-refractivity contribution in [3.05, 3.63) is 57.8 Å². The van der Waals surface area contributed by atoms with Gasteiger partial charge in [-0.1, -0.05) is 6.07 Å². The minimum atomic E-state index is -0.423. The molecule has 0 heterocycles. The van der Waals surface area contributed by atoms with E-state index in [0.29, 0.717) is 15.8 Å². The largest absolute Gasteiger partial charge is 0.453 e. The van der Waals surface area contributed by atoms with Gasteiger partial charge >= 0.3 is 0 Å². The summed E-state index contributed by atoms with van der Waals surface area (Å²) in [6.45, 7) is 3.35. The lowest BCUT2D eigenvalue weighted by molar-refractivity contribution is 0.101. The summed E-state index contributed by atoms with van der Waals surface area (Å²) in [6.07, 6.45) is 0. The van der Waals surface area contributed by atoms with Crippen LogP contribution in [0.5, 0.6) is 11.5 Å². The number of carbonyl (C=O) groups is 1. The zero-order valence-corrected chi connectivity index (χ0v) is 12.1. The van der Waals surface area contributed by atoms with Crippen molar-refractivity contribution in [1.29, 1.82) is 0 Å². The quantitative estimate of drug-likeness (QED) is 0.752. The summed E-state index contributed by atoms with van der Waals surface area (Å²) in [5.74, 6) is 0.174. The Labute approximate surface area is 119 Å². The molecule has 2 aromatic carbocycles. The first-order valence-corrected chi connectivity index (χ1v) is 6.51. The number of aryl methyl sites for hydroxylation is 1. The second-order valence-electron chi connectivity index (χ2n) is 4.24. The molecule has 4 heteroatoms. The standard InChI is InChI=1S/C15H12BrFO2/c1-9-3-5-13(17)15(7-9)19-14-6-4-11(10(2)18)8-12(14)16/h3-8H,1-2H3. The molecule has 0 aliphatic rings. The first-order valence-electron chi connectivity index (χ1n) is 5.72. The maximum absolute atomic E-state index is 13.6. The molecular formula is C15H12BrFO2. The van der Waals surface area contributed by atoms with Crippen molar-refractivity contribution in [2.75, 3.05) is 0 Å². The zero-order valence-electron chi connectivity index (χ0n) is 10.5. The molecule has 0 unspecified atom stereocenters. The molecule has 0 aliphatic heterocycles. The van der Waals surface area contributed by atoms with Crippen molar-refractivity contribution in [1.82, 2.24) is 0 Å². The number of hydrogen-bond donors (Lipinski definition) is 0. The summed E-state index contributed by atoms with van der Waals surface area (Å²) in [5.41, 5.74) is 1.48. The summed E-state index contributed by atoms with van der Waals surface area (Å²) < 4.78 is 19.7. The lowest BCUT2D eigenvalue weighted by Gasteiger charge is -2.10. The van der Waals surface area contributed by atoms with Gasteiger partial charge in [0.2, 0.25) is 0 Å². The maximum Gasteiger partial charge on any atom is 0.165 e. The molecule has 0 N–H and O–H groups in total. The zero-order chi connectivity index (χ0) is 14.0. The van der Waals surface area contributed by atoms with Gasteiger partial charge in [-0.15, -0.1) is 0 Å². The van der Waals surface area contributed by atoms with Gasteiger partial charge in [-0.3, -0.25) is 4.79 Å². The predicted octanol–water partition coefficient (Wildman–Crippen LogP) is 4.89. The average molecular weight is 323 g/mol. The Kier molecular flexibility index (Phi) is 4.00. The Balaban J connectivity index is 2.33. The summed E-state index contributed by atoms with van der Waals surface area (Å²) in [7, 11) is 0. The van der Waals surface area contributed by atoms with Gasteiger partial charge in [-0.05, 0) is 65.7 Å². The van der Waals surface area contributed by atoms with Crippen LogP contribution in [0.3, 0.4) is 0 Å². The number of halogens is 2. The molecule has 0 spiro atoms. The fraction of sp³-hybridized carbons (Fsp3) is 0.133. The van der Waals surface area contributed by atoms with E-state index in [2.05, 4.69) is 15.9 Å². The number of benzene rings is 2. The fourth-order valence-electron chi connectivity index (χ4n) is 1.61. The van der Waals surface area contributed by atoms with Crippen LogP contribution in [0.15, 0.2) is 40.9 Å². The molecule has 2 aromatic rings. The van der Waals surface area contributed by atoms with Gasteiger partial charge in [0.1, 0.15) is 5.75 Å². The second kappa shape index (κ2) is 5.53. The lowest BCUT2D eigenvalue weighted by atomic mass is 10.1. The van der Waals surface area contributed by atoms with Gasteiger partial charge < -0.3 is 4.74 Å². The van der Waals surface area contributed by atoms with Crippen LogP contribution in [-0.4, -0.2) is 5.78 Å². The van der Waals surface area contributed by atoms with Crippen LogP contribution >= 0.6 is 15.9 Å². The molecular weight excluding hydrogens is 311 g/mol. The summed E-state index contributed by atoms with van der Waals surface area (Å²) in [4.78, 5) is 11.2. The minimum Gasteiger partial charge on any atom is -0.453 e. The molecule has 0 bridgehead atoms. The lowest BCUT2D eigenvalue weighted by Crippen LogP contribution is -1.94. The highest BCUT2D eigenvalue weighted by molar-refractivity contribution is 9.10. The van der Waals surface area contributed by atoms with E-state index in [9.17, 15) is 9.18 Å². The van der Waals surface area contributed by atoms with Crippen LogP contribution in [0, 0.1) is 12.7 Å². The summed E-state index contributed by atoms with van der Waals surface area (Å²) in [5, 5.41) is 0. The topological polar surface area (TPSA) is 26.3 Å². The normalized spacial score (nSPS) is 10.3. The van der Waals surface area contributed by atoms with Crippen LogP contribution in [0.1, 0.15) is 22.8 Å². The van der Waals surface area contributed by atoms with E-state index in [-0.39, 0.29) is 11.5 Å². The van der Waals surface area contributed by atoms with Crippen molar-refractivity contribution >= 4 is 21.7 Å².